The third-order valence-electron chi connectivity index (χ3n) is 4.13. The number of carbonyl (C=O) groups is 1. The van der Waals surface area contributed by atoms with Crippen LogP contribution in [0, 0.1) is 0 Å². The number of nitrogens with zero attached hydrogens (tertiary/aromatic N) is 2. The molecule has 0 bridgehead atoms. The summed E-state index contributed by atoms with van der Waals surface area (Å²) in [5, 5.41) is 6.72. The zero-order valence-electron chi connectivity index (χ0n) is 13.4. The molecule has 1 atom stereocenters. The average molecular weight is 348 g/mol. The van der Waals surface area contributed by atoms with Gasteiger partial charge in [-0.25, -0.2) is 13.1 Å². The molecule has 0 spiro atoms. The Morgan fingerprint density at radius 2 is 2.08 bits per heavy atom. The predicted molar refractivity (Wildman–Crippen MR) is 88.8 cm³/mol. The van der Waals surface area contributed by atoms with Crippen molar-refractivity contribution in [3.63, 3.8) is 0 Å². The van der Waals surface area contributed by atoms with E-state index >= 15 is 0 Å². The zero-order valence-corrected chi connectivity index (χ0v) is 14.2. The molecular formula is C16H20N4O3S. The fourth-order valence-electron chi connectivity index (χ4n) is 2.88. The van der Waals surface area contributed by atoms with Crippen molar-refractivity contribution in [2.75, 3.05) is 6.54 Å². The molecule has 2 aromatic rings. The molecule has 3 rings (SSSR count). The second-order valence-electron chi connectivity index (χ2n) is 5.95. The van der Waals surface area contributed by atoms with E-state index in [1.54, 1.807) is 7.05 Å². The monoisotopic (exact) mass is 348 g/mol. The molecule has 0 radical (unpaired) electrons. The van der Waals surface area contributed by atoms with Gasteiger partial charge in [0, 0.05) is 19.3 Å². The van der Waals surface area contributed by atoms with Crippen molar-refractivity contribution in [2.45, 2.75) is 30.2 Å². The Morgan fingerprint density at radius 1 is 1.33 bits per heavy atom. The molecule has 0 saturated heterocycles. The van der Waals surface area contributed by atoms with E-state index in [0.29, 0.717) is 0 Å². The molecule has 1 aliphatic rings. The van der Waals surface area contributed by atoms with E-state index in [0.717, 1.165) is 19.3 Å². The molecule has 7 nitrogen and oxygen atoms in total. The Balaban J connectivity index is 1.53. The van der Waals surface area contributed by atoms with Crippen LogP contribution in [0.4, 0.5) is 0 Å². The normalized spacial score (nSPS) is 17.3. The van der Waals surface area contributed by atoms with Gasteiger partial charge in [0.05, 0.1) is 12.7 Å². The first kappa shape index (κ1) is 16.7. The van der Waals surface area contributed by atoms with Crippen molar-refractivity contribution in [3.8, 4) is 0 Å². The Labute approximate surface area is 141 Å². The van der Waals surface area contributed by atoms with Gasteiger partial charge in [-0.2, -0.15) is 5.10 Å². The molecule has 1 amide bonds. The Hall–Kier alpha value is -2.19. The highest BCUT2D eigenvalue weighted by Crippen LogP contribution is 2.20. The number of carbonyl (C=O) groups excluding carboxylic acids is 1. The van der Waals surface area contributed by atoms with Crippen LogP contribution < -0.4 is 10.0 Å². The Kier molecular flexibility index (Phi) is 4.68. The van der Waals surface area contributed by atoms with Crippen molar-refractivity contribution in [2.24, 2.45) is 7.05 Å². The molecule has 24 heavy (non-hydrogen) atoms. The molecule has 0 fully saturated rings. The van der Waals surface area contributed by atoms with Gasteiger partial charge in [-0.3, -0.25) is 9.48 Å². The summed E-state index contributed by atoms with van der Waals surface area (Å²) in [6.07, 6.45) is 5.19. The summed E-state index contributed by atoms with van der Waals surface area (Å²) in [6, 6.07) is 8.22. The number of aryl methyl sites for hydroxylation is 2. The van der Waals surface area contributed by atoms with Crippen LogP contribution in [0.3, 0.4) is 0 Å². The molecular weight excluding hydrogens is 328 g/mol. The van der Waals surface area contributed by atoms with Gasteiger partial charge in [0.15, 0.2) is 0 Å². The molecule has 1 aromatic carbocycles. The molecule has 0 aliphatic heterocycles. The summed E-state index contributed by atoms with van der Waals surface area (Å²) in [7, 11) is -2.09. The van der Waals surface area contributed by atoms with Gasteiger partial charge in [-0.05, 0) is 30.4 Å². The number of sulfonamides is 1. The summed E-state index contributed by atoms with van der Waals surface area (Å²) in [6.45, 7) is -0.282. The summed E-state index contributed by atoms with van der Waals surface area (Å²) >= 11 is 0. The van der Waals surface area contributed by atoms with Gasteiger partial charge in [-0.1, -0.05) is 24.3 Å². The maximum atomic E-state index is 12.1. The topological polar surface area (TPSA) is 93.1 Å². The third-order valence-corrected chi connectivity index (χ3v) is 5.48. The first-order valence-corrected chi connectivity index (χ1v) is 9.27. The molecule has 1 aliphatic carbocycles. The lowest BCUT2D eigenvalue weighted by atomic mass is 9.88. The second-order valence-corrected chi connectivity index (χ2v) is 7.72. The van der Waals surface area contributed by atoms with E-state index in [4.69, 9.17) is 0 Å². The maximum absolute atomic E-state index is 12.1. The van der Waals surface area contributed by atoms with E-state index in [9.17, 15) is 13.2 Å². The van der Waals surface area contributed by atoms with E-state index < -0.39 is 10.0 Å². The van der Waals surface area contributed by atoms with Gasteiger partial charge < -0.3 is 5.32 Å². The second kappa shape index (κ2) is 6.74. The van der Waals surface area contributed by atoms with E-state index in [1.165, 1.54) is 28.2 Å². The predicted octanol–water partition coefficient (Wildman–Crippen LogP) is 0.372. The maximum Gasteiger partial charge on any atom is 0.244 e. The van der Waals surface area contributed by atoms with Crippen molar-refractivity contribution in [1.82, 2.24) is 19.8 Å². The standard InChI is InChI=1S/C16H20N4O3S/c1-20-11-15(9-17-20)24(22,23)18-10-16(21)19-14-7-6-12-4-2-3-5-13(12)8-14/h2-5,9,11,14,18H,6-8,10H2,1H3,(H,19,21)/t14-/m0/s1. The van der Waals surface area contributed by atoms with Crippen LogP contribution in [-0.2, 0) is 34.7 Å². The van der Waals surface area contributed by atoms with Gasteiger partial charge in [0.25, 0.3) is 0 Å². The number of amides is 1. The number of hydrogen-bond acceptors (Lipinski definition) is 4. The van der Waals surface area contributed by atoms with Gasteiger partial charge in [0.2, 0.25) is 15.9 Å². The van der Waals surface area contributed by atoms with Gasteiger partial charge in [0.1, 0.15) is 4.90 Å². The number of nitrogens with one attached hydrogen (secondary N) is 2. The smallest absolute Gasteiger partial charge is 0.244 e. The lowest BCUT2D eigenvalue weighted by molar-refractivity contribution is -0.120. The molecule has 1 aromatic heterocycles. The SMILES string of the molecule is Cn1cc(S(=O)(=O)NCC(=O)N[C@H]2CCc3ccccc3C2)cn1. The quantitative estimate of drug-likeness (QED) is 0.816. The molecule has 8 heteroatoms. The Morgan fingerprint density at radius 3 is 2.79 bits per heavy atom. The van der Waals surface area contributed by atoms with Crippen LogP contribution in [0.2, 0.25) is 0 Å². The lowest BCUT2D eigenvalue weighted by Crippen LogP contribution is -2.44. The van der Waals surface area contributed by atoms with Crippen molar-refractivity contribution in [1.29, 1.82) is 0 Å². The molecule has 2 N–H and O–H groups in total. The van der Waals surface area contributed by atoms with Gasteiger partial charge >= 0.3 is 0 Å². The van der Waals surface area contributed by atoms with Crippen LogP contribution in [0.15, 0.2) is 41.6 Å². The van der Waals surface area contributed by atoms with Crippen LogP contribution in [-0.4, -0.2) is 36.7 Å². The number of hydrogen-bond donors (Lipinski definition) is 2. The number of fused-ring (bicyclic) bond motifs is 1. The lowest BCUT2D eigenvalue weighted by Gasteiger charge is -2.25. The van der Waals surface area contributed by atoms with Crippen molar-refractivity contribution in [3.05, 3.63) is 47.8 Å². The number of benzene rings is 1. The summed E-state index contributed by atoms with van der Waals surface area (Å²) in [5.74, 6) is -0.327. The highest BCUT2D eigenvalue weighted by Gasteiger charge is 2.21. The molecule has 0 unspecified atom stereocenters. The van der Waals surface area contributed by atoms with Crippen LogP contribution >= 0.6 is 0 Å². The fraction of sp³-hybridized carbons (Fsp3) is 0.375. The molecule has 128 valence electrons. The van der Waals surface area contributed by atoms with Crippen LogP contribution in [0.25, 0.3) is 0 Å². The highest BCUT2D eigenvalue weighted by atomic mass is 32.2. The molecule has 0 saturated carbocycles. The van der Waals surface area contributed by atoms with Crippen molar-refractivity contribution >= 4 is 15.9 Å². The third kappa shape index (κ3) is 3.82. The minimum atomic E-state index is -3.72. The first-order chi connectivity index (χ1) is 11.4. The minimum absolute atomic E-state index is 0.0373. The zero-order chi connectivity index (χ0) is 17.2. The summed E-state index contributed by atoms with van der Waals surface area (Å²) < 4.78 is 27.8. The summed E-state index contributed by atoms with van der Waals surface area (Å²) in [4.78, 5) is 12.1. The van der Waals surface area contributed by atoms with Gasteiger partial charge in [-0.15, -0.1) is 0 Å². The van der Waals surface area contributed by atoms with E-state index in [-0.39, 0.29) is 23.4 Å². The average Bonchev–Trinajstić information content (AvgIpc) is 3.00. The largest absolute Gasteiger partial charge is 0.352 e. The molecule has 1 heterocycles. The minimum Gasteiger partial charge on any atom is -0.352 e. The van der Waals surface area contributed by atoms with Crippen LogP contribution in [0.1, 0.15) is 17.5 Å². The number of aromatic nitrogens is 2. The van der Waals surface area contributed by atoms with E-state index in [1.807, 2.05) is 12.1 Å². The van der Waals surface area contributed by atoms with Crippen LogP contribution in [0.5, 0.6) is 0 Å². The highest BCUT2D eigenvalue weighted by molar-refractivity contribution is 7.89. The van der Waals surface area contributed by atoms with Crippen molar-refractivity contribution < 1.29 is 13.2 Å². The number of rotatable bonds is 5. The summed E-state index contributed by atoms with van der Waals surface area (Å²) in [5.41, 5.74) is 2.56. The Bertz CT molecular complexity index is 845. The first-order valence-electron chi connectivity index (χ1n) is 7.78. The van der Waals surface area contributed by atoms with E-state index in [2.05, 4.69) is 27.3 Å². The fourth-order valence-corrected chi connectivity index (χ4v) is 3.85.